The van der Waals surface area contributed by atoms with E-state index in [9.17, 15) is 27.5 Å². The third-order valence-corrected chi connectivity index (χ3v) is 7.85. The molecule has 0 aromatic heterocycles. The fraction of sp³-hybridized carbons (Fsp3) is 0.323. The molecule has 1 aliphatic carbocycles. The van der Waals surface area contributed by atoms with Gasteiger partial charge in [0.25, 0.3) is 0 Å². The maximum Gasteiger partial charge on any atom is 0.416 e. The number of benzene rings is 3. The number of carboxylic acids is 1. The van der Waals surface area contributed by atoms with Gasteiger partial charge < -0.3 is 5.11 Å². The van der Waals surface area contributed by atoms with Crippen LogP contribution in [-0.2, 0) is 11.0 Å². The minimum Gasteiger partial charge on any atom is -0.478 e. The lowest BCUT2D eigenvalue weighted by molar-refractivity contribution is -0.137. The number of hydrogen-bond donors (Lipinski definition) is 1. The van der Waals surface area contributed by atoms with Crippen LogP contribution in [-0.4, -0.2) is 29.1 Å². The second-order valence-electron chi connectivity index (χ2n) is 10.9. The van der Waals surface area contributed by atoms with Crippen molar-refractivity contribution in [2.45, 2.75) is 45.3 Å². The normalized spacial score (nSPS) is 18.1. The van der Waals surface area contributed by atoms with Gasteiger partial charge in [0.2, 0.25) is 0 Å². The molecule has 1 N–H and O–H groups in total. The van der Waals surface area contributed by atoms with Crippen molar-refractivity contribution in [3.63, 3.8) is 0 Å². The number of piperidine rings is 1. The van der Waals surface area contributed by atoms with E-state index in [-0.39, 0.29) is 29.3 Å². The first-order valence-corrected chi connectivity index (χ1v) is 12.7. The molecule has 1 atom stereocenters. The van der Waals surface area contributed by atoms with E-state index in [4.69, 9.17) is 0 Å². The van der Waals surface area contributed by atoms with Gasteiger partial charge in [0.1, 0.15) is 5.82 Å². The quantitative estimate of drug-likeness (QED) is 0.409. The molecule has 1 unspecified atom stereocenters. The van der Waals surface area contributed by atoms with Crippen molar-refractivity contribution in [2.75, 3.05) is 13.1 Å². The maximum atomic E-state index is 13.9. The molecule has 1 fully saturated rings. The molecule has 0 amide bonds. The van der Waals surface area contributed by atoms with Crippen molar-refractivity contribution in [1.82, 2.24) is 4.90 Å². The van der Waals surface area contributed by atoms with Crippen LogP contribution in [0.4, 0.5) is 17.6 Å². The molecule has 7 heteroatoms. The number of fused-ring (bicyclic) bond motifs is 1. The Bertz CT molecular complexity index is 1480. The minimum atomic E-state index is -4.46. The molecule has 1 aliphatic heterocycles. The van der Waals surface area contributed by atoms with Crippen molar-refractivity contribution in [2.24, 2.45) is 5.41 Å². The average molecular weight is 524 g/mol. The molecule has 38 heavy (non-hydrogen) atoms. The molecule has 0 saturated carbocycles. The molecule has 1 heterocycles. The van der Waals surface area contributed by atoms with Crippen molar-refractivity contribution in [3.8, 4) is 11.1 Å². The Kier molecular flexibility index (Phi) is 6.68. The predicted molar refractivity (Wildman–Crippen MR) is 139 cm³/mol. The molecule has 3 aromatic rings. The third kappa shape index (κ3) is 5.12. The summed E-state index contributed by atoms with van der Waals surface area (Å²) in [5.41, 5.74) is 2.68. The van der Waals surface area contributed by atoms with Crippen molar-refractivity contribution < 1.29 is 27.5 Å². The number of halogens is 4. The summed E-state index contributed by atoms with van der Waals surface area (Å²) in [5, 5.41) is 11.1. The zero-order chi connectivity index (χ0) is 27.2. The summed E-state index contributed by atoms with van der Waals surface area (Å²) in [5.74, 6) is -1.36. The number of aliphatic carboxylic acids is 1. The molecule has 5 rings (SSSR count). The Hall–Kier alpha value is -3.45. The van der Waals surface area contributed by atoms with Crippen molar-refractivity contribution >= 4 is 17.6 Å². The molecular formula is C31H29F4NO2. The zero-order valence-electron chi connectivity index (χ0n) is 21.3. The molecule has 0 bridgehead atoms. The third-order valence-electron chi connectivity index (χ3n) is 7.85. The Balaban J connectivity index is 1.74. The highest BCUT2D eigenvalue weighted by Gasteiger charge is 2.33. The van der Waals surface area contributed by atoms with E-state index in [1.54, 1.807) is 18.2 Å². The highest BCUT2D eigenvalue weighted by molar-refractivity contribution is 6.10. The van der Waals surface area contributed by atoms with Gasteiger partial charge in [-0.1, -0.05) is 44.2 Å². The number of likely N-dealkylation sites (tertiary alicyclic amines) is 1. The summed E-state index contributed by atoms with van der Waals surface area (Å²) in [4.78, 5) is 14.3. The fourth-order valence-electron chi connectivity index (χ4n) is 5.52. The second kappa shape index (κ2) is 9.70. The molecule has 3 nitrogen and oxygen atoms in total. The number of hydrogen-bond acceptors (Lipinski definition) is 2. The van der Waals surface area contributed by atoms with Gasteiger partial charge >= 0.3 is 12.1 Å². The highest BCUT2D eigenvalue weighted by Crippen LogP contribution is 2.40. The number of rotatable bonds is 5. The van der Waals surface area contributed by atoms with Crippen LogP contribution in [0, 0.1) is 11.2 Å². The van der Waals surface area contributed by atoms with Crippen LogP contribution in [0.3, 0.4) is 0 Å². The molecule has 1 saturated heterocycles. The van der Waals surface area contributed by atoms with Gasteiger partial charge in [-0.2, -0.15) is 13.2 Å². The molecule has 0 spiro atoms. The Labute approximate surface area is 218 Å². The smallest absolute Gasteiger partial charge is 0.416 e. The highest BCUT2D eigenvalue weighted by atomic mass is 19.4. The topological polar surface area (TPSA) is 40.5 Å². The van der Waals surface area contributed by atoms with E-state index < -0.39 is 17.7 Å². The van der Waals surface area contributed by atoms with E-state index in [2.05, 4.69) is 18.7 Å². The Morgan fingerprint density at radius 3 is 2.18 bits per heavy atom. The number of alkyl halides is 3. The van der Waals surface area contributed by atoms with Crippen LogP contribution in [0.1, 0.15) is 55.8 Å². The van der Waals surface area contributed by atoms with Crippen LogP contribution < -0.4 is 10.4 Å². The Morgan fingerprint density at radius 2 is 1.61 bits per heavy atom. The molecule has 0 radical (unpaired) electrons. The summed E-state index contributed by atoms with van der Waals surface area (Å²) in [6.07, 6.45) is -0.377. The molecular weight excluding hydrogens is 494 g/mol. The first-order chi connectivity index (χ1) is 17.9. The van der Waals surface area contributed by atoms with Gasteiger partial charge in [-0.15, -0.1) is 0 Å². The second-order valence-corrected chi connectivity index (χ2v) is 10.9. The monoisotopic (exact) mass is 523 g/mol. The van der Waals surface area contributed by atoms with Crippen LogP contribution in [0.25, 0.3) is 22.8 Å². The van der Waals surface area contributed by atoms with Gasteiger partial charge in [0.15, 0.2) is 0 Å². The zero-order valence-corrected chi connectivity index (χ0v) is 21.3. The predicted octanol–water partition coefficient (Wildman–Crippen LogP) is 6.14. The summed E-state index contributed by atoms with van der Waals surface area (Å²) >= 11 is 0. The van der Waals surface area contributed by atoms with Crippen LogP contribution in [0.5, 0.6) is 0 Å². The summed E-state index contributed by atoms with van der Waals surface area (Å²) in [7, 11) is 0. The van der Waals surface area contributed by atoms with Gasteiger partial charge in [0, 0.05) is 5.57 Å². The Morgan fingerprint density at radius 1 is 0.974 bits per heavy atom. The van der Waals surface area contributed by atoms with E-state index in [1.165, 1.54) is 24.3 Å². The van der Waals surface area contributed by atoms with Crippen molar-refractivity contribution in [3.05, 3.63) is 93.6 Å². The lowest BCUT2D eigenvalue weighted by Crippen LogP contribution is -2.41. The molecule has 198 valence electrons. The van der Waals surface area contributed by atoms with Gasteiger partial charge in [-0.3, -0.25) is 4.90 Å². The standard InChI is InChI=1S/C31H29F4NO2/c1-30(2)13-15-36(16-14-30)28(20-5-10-23(32)11-6-20)27-17-21-7-12-24(29(37)38)26(21)18-25(27)19-3-8-22(9-4-19)31(33,34)35/h3-11,17-18,28H,12-16H2,1-2H3,(H,37,38). The van der Waals surface area contributed by atoms with Crippen LogP contribution in [0.2, 0.25) is 0 Å². The summed E-state index contributed by atoms with van der Waals surface area (Å²) in [6.45, 7) is 6.07. The van der Waals surface area contributed by atoms with Gasteiger partial charge in [0.05, 0.1) is 11.6 Å². The van der Waals surface area contributed by atoms with E-state index in [0.29, 0.717) is 16.3 Å². The SMILES string of the molecule is CC1(C)CCN(C(c2ccc(F)cc2)c2cc3c(cc2-c2ccc(C(F)(F)F)cc2)=C(C(=O)O)CC=3)CC1. The molecule has 3 aromatic carbocycles. The van der Waals surface area contributed by atoms with Crippen LogP contribution in [0.15, 0.2) is 60.7 Å². The van der Waals surface area contributed by atoms with Crippen LogP contribution >= 0.6 is 0 Å². The average Bonchev–Trinajstić information content (AvgIpc) is 3.29. The fourth-order valence-corrected chi connectivity index (χ4v) is 5.52. The van der Waals surface area contributed by atoms with E-state index in [0.717, 1.165) is 54.4 Å². The van der Waals surface area contributed by atoms with Gasteiger partial charge in [-0.05, 0) is 107 Å². The lowest BCUT2D eigenvalue weighted by Gasteiger charge is -2.42. The van der Waals surface area contributed by atoms with Crippen molar-refractivity contribution in [1.29, 1.82) is 0 Å². The van der Waals surface area contributed by atoms with E-state index >= 15 is 0 Å². The number of nitrogens with zero attached hydrogens (tertiary/aromatic N) is 1. The lowest BCUT2D eigenvalue weighted by atomic mass is 9.80. The maximum absolute atomic E-state index is 13.9. The summed E-state index contributed by atoms with van der Waals surface area (Å²) < 4.78 is 53.8. The largest absolute Gasteiger partial charge is 0.478 e. The molecule has 2 aliphatic rings. The first kappa shape index (κ1) is 26.2. The number of carbonyl (C=O) groups is 1. The first-order valence-electron chi connectivity index (χ1n) is 12.7. The van der Waals surface area contributed by atoms with E-state index in [1.807, 2.05) is 12.1 Å². The minimum absolute atomic E-state index is 0.192. The number of carboxylic acid groups (broad SMARTS) is 1. The van der Waals surface area contributed by atoms with Gasteiger partial charge in [-0.25, -0.2) is 9.18 Å². The summed E-state index contributed by atoms with van der Waals surface area (Å²) in [6, 6.07) is 14.8.